The van der Waals surface area contributed by atoms with Crippen LogP contribution >= 0.6 is 0 Å². The van der Waals surface area contributed by atoms with Gasteiger partial charge in [-0.2, -0.15) is 0 Å². The van der Waals surface area contributed by atoms with Gasteiger partial charge in [0.15, 0.2) is 5.96 Å². The summed E-state index contributed by atoms with van der Waals surface area (Å²) in [4.78, 5) is 4.30. The number of aromatic hydroxyl groups is 1. The van der Waals surface area contributed by atoms with Crippen molar-refractivity contribution in [3.05, 3.63) is 29.8 Å². The molecule has 1 aromatic rings. The van der Waals surface area contributed by atoms with Crippen LogP contribution in [0.15, 0.2) is 29.3 Å². The van der Waals surface area contributed by atoms with Crippen LogP contribution in [0.3, 0.4) is 0 Å². The molecule has 0 spiro atoms. The summed E-state index contributed by atoms with van der Waals surface area (Å²) in [7, 11) is 1.83. The molecule has 1 aromatic carbocycles. The first-order chi connectivity index (χ1) is 10.3. The van der Waals surface area contributed by atoms with E-state index in [4.69, 9.17) is 0 Å². The van der Waals surface area contributed by atoms with Crippen molar-refractivity contribution in [3.8, 4) is 5.75 Å². The molecule has 1 aliphatic carbocycles. The molecule has 1 saturated carbocycles. The summed E-state index contributed by atoms with van der Waals surface area (Å²) in [6.07, 6.45) is 8.61. The van der Waals surface area contributed by atoms with Gasteiger partial charge in [-0.1, -0.05) is 31.4 Å². The predicted octanol–water partition coefficient (Wildman–Crippen LogP) is 2.82. The molecule has 21 heavy (non-hydrogen) atoms. The van der Waals surface area contributed by atoms with Crippen LogP contribution in [0.5, 0.6) is 5.75 Å². The SMILES string of the molecule is CN=C(NCCCc1ccc(O)cc1)NC1CCCCC1. The highest BCUT2D eigenvalue weighted by Gasteiger charge is 2.13. The monoisotopic (exact) mass is 289 g/mol. The van der Waals surface area contributed by atoms with Gasteiger partial charge in [0, 0.05) is 19.6 Å². The van der Waals surface area contributed by atoms with Crippen LogP contribution in [0.4, 0.5) is 0 Å². The molecule has 0 saturated heterocycles. The highest BCUT2D eigenvalue weighted by atomic mass is 16.3. The summed E-state index contributed by atoms with van der Waals surface area (Å²) in [6, 6.07) is 8.02. The highest BCUT2D eigenvalue weighted by Crippen LogP contribution is 2.17. The number of nitrogens with one attached hydrogen (secondary N) is 2. The lowest BCUT2D eigenvalue weighted by Gasteiger charge is -2.24. The van der Waals surface area contributed by atoms with E-state index in [1.165, 1.54) is 37.7 Å². The number of phenols is 1. The predicted molar refractivity (Wildman–Crippen MR) is 87.8 cm³/mol. The number of guanidine groups is 1. The molecule has 1 aliphatic rings. The van der Waals surface area contributed by atoms with Gasteiger partial charge in [-0.05, 0) is 43.4 Å². The summed E-state index contributed by atoms with van der Waals surface area (Å²) in [5.74, 6) is 1.25. The van der Waals surface area contributed by atoms with E-state index >= 15 is 0 Å². The third kappa shape index (κ3) is 5.66. The minimum atomic E-state index is 0.328. The van der Waals surface area contributed by atoms with Crippen molar-refractivity contribution in [1.29, 1.82) is 0 Å². The molecular weight excluding hydrogens is 262 g/mol. The Morgan fingerprint density at radius 3 is 2.57 bits per heavy atom. The number of hydrogen-bond donors (Lipinski definition) is 3. The Morgan fingerprint density at radius 2 is 1.90 bits per heavy atom. The fourth-order valence-electron chi connectivity index (χ4n) is 2.80. The van der Waals surface area contributed by atoms with E-state index in [0.717, 1.165) is 25.3 Å². The Kier molecular flexibility index (Phi) is 6.38. The fraction of sp³-hybridized carbons (Fsp3) is 0.588. The molecule has 116 valence electrons. The van der Waals surface area contributed by atoms with Gasteiger partial charge in [-0.25, -0.2) is 0 Å². The van der Waals surface area contributed by atoms with E-state index in [1.54, 1.807) is 12.1 Å². The zero-order valence-electron chi connectivity index (χ0n) is 12.9. The van der Waals surface area contributed by atoms with Gasteiger partial charge in [0.2, 0.25) is 0 Å². The molecule has 0 bridgehead atoms. The van der Waals surface area contributed by atoms with E-state index in [9.17, 15) is 5.11 Å². The van der Waals surface area contributed by atoms with Crippen molar-refractivity contribution in [1.82, 2.24) is 10.6 Å². The molecule has 3 N–H and O–H groups in total. The zero-order valence-corrected chi connectivity index (χ0v) is 12.9. The second-order valence-electron chi connectivity index (χ2n) is 5.75. The maximum atomic E-state index is 9.25. The van der Waals surface area contributed by atoms with Crippen LogP contribution in [0.2, 0.25) is 0 Å². The molecule has 2 rings (SSSR count). The average Bonchev–Trinajstić information content (AvgIpc) is 2.53. The molecule has 0 radical (unpaired) electrons. The van der Waals surface area contributed by atoms with E-state index in [0.29, 0.717) is 11.8 Å². The number of aryl methyl sites for hydroxylation is 1. The molecular formula is C17H27N3O. The average molecular weight is 289 g/mol. The first kappa shape index (κ1) is 15.7. The second-order valence-corrected chi connectivity index (χ2v) is 5.75. The third-order valence-electron chi connectivity index (χ3n) is 4.04. The summed E-state index contributed by atoms with van der Waals surface area (Å²) >= 11 is 0. The van der Waals surface area contributed by atoms with E-state index in [1.807, 2.05) is 19.2 Å². The molecule has 0 aromatic heterocycles. The zero-order chi connectivity index (χ0) is 14.9. The number of nitrogens with zero attached hydrogens (tertiary/aromatic N) is 1. The van der Waals surface area contributed by atoms with Gasteiger partial charge in [-0.3, -0.25) is 4.99 Å². The van der Waals surface area contributed by atoms with Crippen LogP contribution in [-0.4, -0.2) is 30.7 Å². The number of aliphatic imine (C=N–C) groups is 1. The number of rotatable bonds is 5. The Morgan fingerprint density at radius 1 is 1.19 bits per heavy atom. The highest BCUT2D eigenvalue weighted by molar-refractivity contribution is 5.79. The Bertz CT molecular complexity index is 436. The maximum absolute atomic E-state index is 9.25. The lowest BCUT2D eigenvalue weighted by molar-refractivity contribution is 0.410. The van der Waals surface area contributed by atoms with Crippen molar-refractivity contribution >= 4 is 5.96 Å². The molecule has 0 heterocycles. The van der Waals surface area contributed by atoms with E-state index < -0.39 is 0 Å². The quantitative estimate of drug-likeness (QED) is 0.444. The normalized spacial score (nSPS) is 16.7. The smallest absolute Gasteiger partial charge is 0.191 e. The topological polar surface area (TPSA) is 56.7 Å². The first-order valence-corrected chi connectivity index (χ1v) is 8.03. The molecule has 0 aliphatic heterocycles. The van der Waals surface area contributed by atoms with Crippen molar-refractivity contribution in [2.75, 3.05) is 13.6 Å². The molecule has 4 heteroatoms. The Balaban J connectivity index is 1.65. The van der Waals surface area contributed by atoms with E-state index in [2.05, 4.69) is 15.6 Å². The molecule has 0 unspecified atom stereocenters. The van der Waals surface area contributed by atoms with Crippen LogP contribution in [0, 0.1) is 0 Å². The van der Waals surface area contributed by atoms with Crippen molar-refractivity contribution in [2.45, 2.75) is 51.0 Å². The van der Waals surface area contributed by atoms with Crippen LogP contribution in [0.25, 0.3) is 0 Å². The fourth-order valence-corrected chi connectivity index (χ4v) is 2.80. The standard InChI is InChI=1S/C17H27N3O/c1-18-17(20-15-7-3-2-4-8-15)19-13-5-6-14-9-11-16(21)12-10-14/h9-12,15,21H,2-8,13H2,1H3,(H2,18,19,20). The lowest BCUT2D eigenvalue weighted by Crippen LogP contribution is -2.44. The summed E-state index contributed by atoms with van der Waals surface area (Å²) < 4.78 is 0. The van der Waals surface area contributed by atoms with E-state index in [-0.39, 0.29) is 0 Å². The van der Waals surface area contributed by atoms with Crippen LogP contribution in [0.1, 0.15) is 44.1 Å². The molecule has 1 fully saturated rings. The molecule has 0 atom stereocenters. The molecule has 4 nitrogen and oxygen atoms in total. The first-order valence-electron chi connectivity index (χ1n) is 8.03. The number of hydrogen-bond acceptors (Lipinski definition) is 2. The summed E-state index contributed by atoms with van der Waals surface area (Å²) in [6.45, 7) is 0.910. The van der Waals surface area contributed by atoms with Gasteiger partial charge in [-0.15, -0.1) is 0 Å². The van der Waals surface area contributed by atoms with Crippen molar-refractivity contribution in [2.24, 2.45) is 4.99 Å². The second kappa shape index (κ2) is 8.55. The Labute approximate surface area is 127 Å². The minimum absolute atomic E-state index is 0.328. The van der Waals surface area contributed by atoms with Gasteiger partial charge in [0.05, 0.1) is 0 Å². The largest absolute Gasteiger partial charge is 0.508 e. The van der Waals surface area contributed by atoms with Gasteiger partial charge in [0.1, 0.15) is 5.75 Å². The van der Waals surface area contributed by atoms with Crippen LogP contribution < -0.4 is 10.6 Å². The minimum Gasteiger partial charge on any atom is -0.508 e. The maximum Gasteiger partial charge on any atom is 0.191 e. The lowest BCUT2D eigenvalue weighted by atomic mass is 9.96. The van der Waals surface area contributed by atoms with Gasteiger partial charge in [0.25, 0.3) is 0 Å². The van der Waals surface area contributed by atoms with Crippen molar-refractivity contribution in [3.63, 3.8) is 0 Å². The summed E-state index contributed by atoms with van der Waals surface area (Å²) in [5.41, 5.74) is 1.25. The van der Waals surface area contributed by atoms with Gasteiger partial charge >= 0.3 is 0 Å². The van der Waals surface area contributed by atoms with Crippen molar-refractivity contribution < 1.29 is 5.11 Å². The molecule has 0 amide bonds. The summed E-state index contributed by atoms with van der Waals surface area (Å²) in [5, 5.41) is 16.2. The Hall–Kier alpha value is -1.71. The van der Waals surface area contributed by atoms with Gasteiger partial charge < -0.3 is 15.7 Å². The van der Waals surface area contributed by atoms with Crippen LogP contribution in [-0.2, 0) is 6.42 Å². The number of benzene rings is 1. The third-order valence-corrected chi connectivity index (χ3v) is 4.04. The number of phenolic OH excluding ortho intramolecular Hbond substituents is 1.